The van der Waals surface area contributed by atoms with Gasteiger partial charge in [-0.25, -0.2) is 0 Å². The van der Waals surface area contributed by atoms with E-state index in [9.17, 15) is 9.90 Å². The van der Waals surface area contributed by atoms with Crippen molar-refractivity contribution in [3.63, 3.8) is 0 Å². The molecule has 0 spiro atoms. The largest absolute Gasteiger partial charge is 0.545 e. The van der Waals surface area contributed by atoms with Crippen molar-refractivity contribution >= 4 is 11.7 Å². The summed E-state index contributed by atoms with van der Waals surface area (Å²) >= 11 is 0. The molecule has 0 N–H and O–H groups in total. The lowest BCUT2D eigenvalue weighted by atomic mass is 10.1. The van der Waals surface area contributed by atoms with Crippen molar-refractivity contribution in [3.05, 3.63) is 29.8 Å². The maximum Gasteiger partial charge on any atom is 0.132 e. The molecule has 0 aliphatic rings. The molecule has 88 valence electrons. The lowest BCUT2D eigenvalue weighted by Crippen LogP contribution is -2.41. The fourth-order valence-corrected chi connectivity index (χ4v) is 1.68. The minimum Gasteiger partial charge on any atom is -0.545 e. The summed E-state index contributed by atoms with van der Waals surface area (Å²) in [7, 11) is 4.26. The molecule has 0 saturated carbocycles. The van der Waals surface area contributed by atoms with E-state index in [-0.39, 0.29) is 5.56 Å². The molecule has 1 aromatic rings. The van der Waals surface area contributed by atoms with Gasteiger partial charge in [-0.15, -0.1) is 0 Å². The van der Waals surface area contributed by atoms with Crippen LogP contribution in [0.1, 0.15) is 30.1 Å². The highest BCUT2D eigenvalue weighted by molar-refractivity contribution is 5.86. The number of aromatic carboxylic acids is 1. The molecular formula is C13H19NO2. The van der Waals surface area contributed by atoms with E-state index >= 15 is 0 Å². The number of rotatable bonds is 5. The fourth-order valence-electron chi connectivity index (χ4n) is 1.68. The quantitative estimate of drug-likeness (QED) is 0.705. The lowest BCUT2D eigenvalue weighted by molar-refractivity contribution is -0.255. The fraction of sp³-hybridized carbons (Fsp3) is 0.462. The third-order valence-corrected chi connectivity index (χ3v) is 2.87. The summed E-state index contributed by atoms with van der Waals surface area (Å²) < 4.78 is 0.779. The monoisotopic (exact) mass is 221 g/mol. The first-order valence-corrected chi connectivity index (χ1v) is 5.62. The van der Waals surface area contributed by atoms with Crippen molar-refractivity contribution in [2.75, 3.05) is 20.6 Å². The third kappa shape index (κ3) is 3.07. The van der Waals surface area contributed by atoms with E-state index in [1.807, 2.05) is 12.1 Å². The van der Waals surface area contributed by atoms with Gasteiger partial charge in [-0.2, -0.15) is 0 Å². The molecule has 1 aromatic carbocycles. The van der Waals surface area contributed by atoms with Gasteiger partial charge in [-0.1, -0.05) is 13.3 Å². The van der Waals surface area contributed by atoms with Crippen molar-refractivity contribution in [1.82, 2.24) is 4.48 Å². The second-order valence-electron chi connectivity index (χ2n) is 4.60. The van der Waals surface area contributed by atoms with Gasteiger partial charge in [0.2, 0.25) is 0 Å². The number of nitrogens with zero attached hydrogens (tertiary/aromatic N) is 1. The van der Waals surface area contributed by atoms with Gasteiger partial charge < -0.3 is 9.90 Å². The van der Waals surface area contributed by atoms with E-state index < -0.39 is 5.97 Å². The number of carbonyl (C=O) groups excluding carboxylic acids is 1. The molecule has 0 saturated heterocycles. The summed E-state index contributed by atoms with van der Waals surface area (Å²) in [4.78, 5) is 10.6. The summed E-state index contributed by atoms with van der Waals surface area (Å²) in [5, 5.41) is 10.6. The van der Waals surface area contributed by atoms with Crippen LogP contribution in [0.2, 0.25) is 0 Å². The zero-order chi connectivity index (χ0) is 12.2. The predicted molar refractivity (Wildman–Crippen MR) is 64.2 cm³/mol. The van der Waals surface area contributed by atoms with Gasteiger partial charge in [0, 0.05) is 0 Å². The van der Waals surface area contributed by atoms with Crippen molar-refractivity contribution < 1.29 is 9.90 Å². The second-order valence-corrected chi connectivity index (χ2v) is 4.60. The Kier molecular flexibility index (Phi) is 4.07. The van der Waals surface area contributed by atoms with Crippen LogP contribution in [0, 0.1) is 0 Å². The lowest BCUT2D eigenvalue weighted by Gasteiger charge is -2.29. The summed E-state index contributed by atoms with van der Waals surface area (Å²) in [6, 6.07) is 6.94. The number of hydrogen-bond acceptors (Lipinski definition) is 2. The highest BCUT2D eigenvalue weighted by Crippen LogP contribution is 2.20. The molecule has 1 rings (SSSR count). The highest BCUT2D eigenvalue weighted by atomic mass is 16.4. The minimum absolute atomic E-state index is 0.235. The van der Waals surface area contributed by atoms with Gasteiger partial charge in [0.15, 0.2) is 0 Å². The molecular weight excluding hydrogens is 202 g/mol. The first-order chi connectivity index (χ1) is 7.47. The van der Waals surface area contributed by atoms with E-state index in [0.717, 1.165) is 23.1 Å². The van der Waals surface area contributed by atoms with Gasteiger partial charge in [0.05, 0.1) is 26.6 Å². The Balaban J connectivity index is 2.83. The van der Waals surface area contributed by atoms with Gasteiger partial charge in [0.25, 0.3) is 0 Å². The standard InChI is InChI=1S/C13H19NO2/c1-4-5-10-14(2,3)12-8-6-11(7-9-12)13(15)16/h6-9H,4-5,10H2,1-3H3. The van der Waals surface area contributed by atoms with Crippen LogP contribution in [-0.4, -0.2) is 26.6 Å². The van der Waals surface area contributed by atoms with Gasteiger partial charge in [-0.3, -0.25) is 4.48 Å². The number of carbonyl (C=O) groups is 1. The van der Waals surface area contributed by atoms with E-state index in [0.29, 0.717) is 0 Å². The van der Waals surface area contributed by atoms with Crippen LogP contribution in [0.25, 0.3) is 0 Å². The third-order valence-electron chi connectivity index (χ3n) is 2.87. The number of benzene rings is 1. The van der Waals surface area contributed by atoms with E-state index in [1.54, 1.807) is 12.1 Å². The Bertz CT molecular complexity index is 355. The van der Waals surface area contributed by atoms with Gasteiger partial charge >= 0.3 is 0 Å². The van der Waals surface area contributed by atoms with Crippen molar-refractivity contribution in [3.8, 4) is 0 Å². The Labute approximate surface area is 96.9 Å². The van der Waals surface area contributed by atoms with Crippen LogP contribution in [0.3, 0.4) is 0 Å². The molecule has 0 atom stereocenters. The zero-order valence-electron chi connectivity index (χ0n) is 10.2. The van der Waals surface area contributed by atoms with E-state index in [2.05, 4.69) is 21.0 Å². The summed E-state index contributed by atoms with van der Waals surface area (Å²) in [5.74, 6) is -1.12. The molecule has 0 radical (unpaired) electrons. The topological polar surface area (TPSA) is 40.1 Å². The first kappa shape index (κ1) is 12.7. The second kappa shape index (κ2) is 5.12. The number of unbranched alkanes of at least 4 members (excludes halogenated alkanes) is 1. The SMILES string of the molecule is CCCC[N+](C)(C)c1ccc(C(=O)[O-])cc1. The summed E-state index contributed by atoms with van der Waals surface area (Å²) in [6.45, 7) is 3.22. The minimum atomic E-state index is -1.12. The average Bonchev–Trinajstić information content (AvgIpc) is 2.26. The maximum atomic E-state index is 10.6. The predicted octanol–water partition coefficient (Wildman–Crippen LogP) is 1.42. The summed E-state index contributed by atoms with van der Waals surface area (Å²) in [6.07, 6.45) is 2.33. The van der Waals surface area contributed by atoms with Gasteiger partial charge in [-0.05, 0) is 36.2 Å². The smallest absolute Gasteiger partial charge is 0.132 e. The van der Waals surface area contributed by atoms with E-state index in [4.69, 9.17) is 0 Å². The Morgan fingerprint density at radius 3 is 2.25 bits per heavy atom. The van der Waals surface area contributed by atoms with Crippen molar-refractivity contribution in [1.29, 1.82) is 0 Å². The van der Waals surface area contributed by atoms with Crippen LogP contribution in [0.4, 0.5) is 5.69 Å². The molecule has 0 aliphatic heterocycles. The number of quaternary nitrogens is 1. The number of carboxylic acids is 1. The summed E-state index contributed by atoms with van der Waals surface area (Å²) in [5.41, 5.74) is 1.36. The Morgan fingerprint density at radius 1 is 1.25 bits per heavy atom. The molecule has 16 heavy (non-hydrogen) atoms. The molecule has 0 bridgehead atoms. The molecule has 0 aliphatic carbocycles. The molecule has 3 heteroatoms. The van der Waals surface area contributed by atoms with Crippen molar-refractivity contribution in [2.45, 2.75) is 19.8 Å². The molecule has 0 fully saturated rings. The maximum absolute atomic E-state index is 10.6. The molecule has 0 aromatic heterocycles. The molecule has 3 nitrogen and oxygen atoms in total. The van der Waals surface area contributed by atoms with Crippen LogP contribution >= 0.6 is 0 Å². The Morgan fingerprint density at radius 2 is 1.81 bits per heavy atom. The van der Waals surface area contributed by atoms with Crippen LogP contribution in [0.15, 0.2) is 24.3 Å². The van der Waals surface area contributed by atoms with E-state index in [1.165, 1.54) is 6.42 Å². The van der Waals surface area contributed by atoms with Crippen LogP contribution < -0.4 is 9.59 Å². The van der Waals surface area contributed by atoms with Crippen molar-refractivity contribution in [2.24, 2.45) is 0 Å². The number of carboxylic acid groups (broad SMARTS) is 1. The van der Waals surface area contributed by atoms with Crippen LogP contribution in [0.5, 0.6) is 0 Å². The van der Waals surface area contributed by atoms with Gasteiger partial charge in [0.1, 0.15) is 5.69 Å². The normalized spacial score (nSPS) is 11.4. The zero-order valence-corrected chi connectivity index (χ0v) is 10.2. The highest BCUT2D eigenvalue weighted by Gasteiger charge is 2.17. The average molecular weight is 221 g/mol. The number of hydrogen-bond donors (Lipinski definition) is 0. The van der Waals surface area contributed by atoms with Crippen LogP contribution in [-0.2, 0) is 0 Å². The first-order valence-electron chi connectivity index (χ1n) is 5.62. The molecule has 0 heterocycles. The molecule has 0 unspecified atom stereocenters. The molecule has 0 amide bonds. The Hall–Kier alpha value is -1.35.